The Morgan fingerprint density at radius 1 is 1.20 bits per heavy atom. The number of thiocarbonyl (C=S) groups is 1. The maximum Gasteiger partial charge on any atom is 0.220 e. The zero-order valence-electron chi connectivity index (χ0n) is 10.7. The second kappa shape index (κ2) is 5.70. The van der Waals surface area contributed by atoms with Crippen molar-refractivity contribution < 1.29 is 13.6 Å². The number of hydrogen-bond acceptors (Lipinski definition) is 3. The second-order valence-electron chi connectivity index (χ2n) is 4.82. The number of carbonyl (C=O) groups excluding carboxylic acids is 1. The van der Waals surface area contributed by atoms with Gasteiger partial charge in [0, 0.05) is 24.6 Å². The quantitative estimate of drug-likeness (QED) is 0.825. The van der Waals surface area contributed by atoms with Gasteiger partial charge < -0.3 is 16.4 Å². The van der Waals surface area contributed by atoms with E-state index < -0.39 is 11.6 Å². The Morgan fingerprint density at radius 2 is 1.70 bits per heavy atom. The molecule has 4 nitrogen and oxygen atoms in total. The van der Waals surface area contributed by atoms with Crippen molar-refractivity contribution in [2.45, 2.75) is 12.8 Å². The van der Waals surface area contributed by atoms with Crippen LogP contribution in [0, 0.1) is 17.6 Å². The third-order valence-electron chi connectivity index (χ3n) is 3.51. The number of piperidine rings is 1. The molecule has 1 aromatic carbocycles. The highest BCUT2D eigenvalue weighted by atomic mass is 32.1. The van der Waals surface area contributed by atoms with E-state index >= 15 is 0 Å². The van der Waals surface area contributed by atoms with Crippen LogP contribution in [0.3, 0.4) is 0 Å². The van der Waals surface area contributed by atoms with Crippen molar-refractivity contribution in [1.29, 1.82) is 0 Å². The molecule has 4 N–H and O–H groups in total. The van der Waals surface area contributed by atoms with Gasteiger partial charge in [0.25, 0.3) is 0 Å². The summed E-state index contributed by atoms with van der Waals surface area (Å²) in [6.07, 6.45) is 0.983. The van der Waals surface area contributed by atoms with Gasteiger partial charge in [-0.2, -0.15) is 0 Å². The van der Waals surface area contributed by atoms with E-state index in [1.165, 1.54) is 0 Å². The molecule has 0 saturated carbocycles. The van der Waals surface area contributed by atoms with Gasteiger partial charge in [-0.05, 0) is 25.0 Å². The predicted octanol–water partition coefficient (Wildman–Crippen LogP) is 1.30. The molecule has 7 heteroatoms. The van der Waals surface area contributed by atoms with Crippen LogP contribution in [0.15, 0.2) is 12.1 Å². The fraction of sp³-hybridized carbons (Fsp3) is 0.385. The lowest BCUT2D eigenvalue weighted by atomic mass is 9.95. The maximum absolute atomic E-state index is 14.0. The molecule has 1 heterocycles. The topological polar surface area (TPSA) is 72.4 Å². The van der Waals surface area contributed by atoms with Gasteiger partial charge >= 0.3 is 0 Å². The number of rotatable bonds is 3. The molecule has 1 aliphatic rings. The molecule has 1 saturated heterocycles. The van der Waals surface area contributed by atoms with Crippen LogP contribution >= 0.6 is 12.2 Å². The molecule has 108 valence electrons. The summed E-state index contributed by atoms with van der Waals surface area (Å²) in [6.45, 7) is 0.766. The summed E-state index contributed by atoms with van der Waals surface area (Å²) in [5.74, 6) is -2.00. The van der Waals surface area contributed by atoms with Crippen LogP contribution in [0.5, 0.6) is 0 Å². The van der Waals surface area contributed by atoms with E-state index in [2.05, 4.69) is 0 Å². The molecular formula is C13H15F2N3OS. The van der Waals surface area contributed by atoms with Gasteiger partial charge in [-0.3, -0.25) is 4.79 Å². The molecule has 0 aromatic heterocycles. The summed E-state index contributed by atoms with van der Waals surface area (Å²) >= 11 is 4.70. The van der Waals surface area contributed by atoms with E-state index in [-0.39, 0.29) is 28.1 Å². The van der Waals surface area contributed by atoms with Crippen molar-refractivity contribution in [3.63, 3.8) is 0 Å². The highest BCUT2D eigenvalue weighted by Crippen LogP contribution is 2.29. The Labute approximate surface area is 120 Å². The Hall–Kier alpha value is -1.76. The molecule has 2 rings (SSSR count). The number of amides is 1. The molecule has 1 fully saturated rings. The molecule has 0 unspecified atom stereocenters. The summed E-state index contributed by atoms with van der Waals surface area (Å²) in [6, 6.07) is 2.25. The molecule has 1 amide bonds. The largest absolute Gasteiger partial charge is 0.389 e. The zero-order valence-corrected chi connectivity index (χ0v) is 11.6. The molecule has 0 bridgehead atoms. The van der Waals surface area contributed by atoms with E-state index in [0.717, 1.165) is 12.1 Å². The predicted molar refractivity (Wildman–Crippen MR) is 76.4 cm³/mol. The van der Waals surface area contributed by atoms with E-state index in [1.54, 1.807) is 4.90 Å². The summed E-state index contributed by atoms with van der Waals surface area (Å²) in [5.41, 5.74) is 10.6. The lowest BCUT2D eigenvalue weighted by Gasteiger charge is -2.32. The van der Waals surface area contributed by atoms with Crippen molar-refractivity contribution in [3.8, 4) is 0 Å². The van der Waals surface area contributed by atoms with Gasteiger partial charge in [-0.15, -0.1) is 0 Å². The van der Waals surface area contributed by atoms with Crippen LogP contribution in [-0.2, 0) is 4.79 Å². The Morgan fingerprint density at radius 3 is 2.10 bits per heavy atom. The van der Waals surface area contributed by atoms with Gasteiger partial charge in [-0.25, -0.2) is 8.78 Å². The van der Waals surface area contributed by atoms with Crippen molar-refractivity contribution >= 4 is 28.8 Å². The smallest absolute Gasteiger partial charge is 0.220 e. The minimum atomic E-state index is -0.703. The zero-order chi connectivity index (χ0) is 14.9. The van der Waals surface area contributed by atoms with Crippen molar-refractivity contribution in [3.05, 3.63) is 29.3 Å². The summed E-state index contributed by atoms with van der Waals surface area (Å²) in [5, 5.41) is 0. The fourth-order valence-corrected chi connectivity index (χ4v) is 2.52. The van der Waals surface area contributed by atoms with Gasteiger partial charge in [0.2, 0.25) is 5.91 Å². The van der Waals surface area contributed by atoms with Crippen LogP contribution in [0.25, 0.3) is 0 Å². The Kier molecular flexibility index (Phi) is 4.17. The summed E-state index contributed by atoms with van der Waals surface area (Å²) in [7, 11) is 0. The maximum atomic E-state index is 14.0. The number of anilines is 1. The van der Waals surface area contributed by atoms with Crippen molar-refractivity contribution in [2.75, 3.05) is 18.0 Å². The van der Waals surface area contributed by atoms with E-state index in [0.29, 0.717) is 25.9 Å². The van der Waals surface area contributed by atoms with Crippen LogP contribution in [0.1, 0.15) is 18.4 Å². The van der Waals surface area contributed by atoms with E-state index in [1.807, 2.05) is 0 Å². The normalized spacial score (nSPS) is 16.2. The van der Waals surface area contributed by atoms with Gasteiger partial charge in [-0.1, -0.05) is 12.2 Å². The average Bonchev–Trinajstić information content (AvgIpc) is 2.38. The molecule has 1 aliphatic heterocycles. The lowest BCUT2D eigenvalue weighted by molar-refractivity contribution is -0.122. The average molecular weight is 299 g/mol. The number of primary amides is 1. The highest BCUT2D eigenvalue weighted by Gasteiger charge is 2.26. The van der Waals surface area contributed by atoms with Gasteiger partial charge in [0.1, 0.15) is 22.3 Å². The van der Waals surface area contributed by atoms with Crippen LogP contribution in [0.4, 0.5) is 14.5 Å². The fourth-order valence-electron chi connectivity index (χ4n) is 2.40. The first kappa shape index (κ1) is 14.6. The number of hydrogen-bond donors (Lipinski definition) is 2. The number of nitrogens with two attached hydrogens (primary N) is 2. The van der Waals surface area contributed by atoms with Crippen LogP contribution in [0.2, 0.25) is 0 Å². The second-order valence-corrected chi connectivity index (χ2v) is 5.26. The molecule has 20 heavy (non-hydrogen) atoms. The third-order valence-corrected chi connectivity index (χ3v) is 3.75. The molecule has 1 aromatic rings. The van der Waals surface area contributed by atoms with Gasteiger partial charge in [0.05, 0.1) is 0 Å². The molecule has 0 spiro atoms. The SMILES string of the molecule is NC(=O)C1CCN(c2c(F)cc(C(N)=S)cc2F)CC1. The van der Waals surface area contributed by atoms with Crippen molar-refractivity contribution in [2.24, 2.45) is 17.4 Å². The molecular weight excluding hydrogens is 284 g/mol. The molecule has 0 atom stereocenters. The Balaban J connectivity index is 2.22. The molecule has 0 aliphatic carbocycles. The first-order valence-electron chi connectivity index (χ1n) is 6.23. The van der Waals surface area contributed by atoms with E-state index in [4.69, 9.17) is 23.7 Å². The van der Waals surface area contributed by atoms with E-state index in [9.17, 15) is 13.6 Å². The third kappa shape index (κ3) is 2.87. The lowest BCUT2D eigenvalue weighted by Crippen LogP contribution is -2.39. The van der Waals surface area contributed by atoms with Gasteiger partial charge in [0.15, 0.2) is 0 Å². The Bertz CT molecular complexity index is 534. The minimum Gasteiger partial charge on any atom is -0.389 e. The first-order chi connectivity index (χ1) is 9.40. The number of halogens is 2. The summed E-state index contributed by atoms with van der Waals surface area (Å²) in [4.78, 5) is 12.6. The standard InChI is InChI=1S/C13H15F2N3OS/c14-9-5-8(13(17)20)6-10(15)11(9)18-3-1-7(2-4-18)12(16)19/h5-7H,1-4H2,(H2,16,19)(H2,17,20). The van der Waals surface area contributed by atoms with Crippen molar-refractivity contribution in [1.82, 2.24) is 0 Å². The monoisotopic (exact) mass is 299 g/mol. The van der Waals surface area contributed by atoms with Crippen LogP contribution in [-0.4, -0.2) is 24.0 Å². The first-order valence-corrected chi connectivity index (χ1v) is 6.64. The number of benzene rings is 1. The highest BCUT2D eigenvalue weighted by molar-refractivity contribution is 7.80. The summed E-state index contributed by atoms with van der Waals surface area (Å²) < 4.78 is 28.0. The minimum absolute atomic E-state index is 0.0539. The van der Waals surface area contributed by atoms with Crippen LogP contribution < -0.4 is 16.4 Å². The number of nitrogens with zero attached hydrogens (tertiary/aromatic N) is 1. The molecule has 0 radical (unpaired) electrons. The number of carbonyl (C=O) groups is 1.